The Labute approximate surface area is 156 Å². The Bertz CT molecular complexity index is 646. The minimum absolute atomic E-state index is 0. The van der Waals surface area contributed by atoms with Gasteiger partial charge in [0.15, 0.2) is 0 Å². The van der Waals surface area contributed by atoms with Crippen LogP contribution in [0.5, 0.6) is 0 Å². The predicted octanol–water partition coefficient (Wildman–Crippen LogP) is 2.98. The largest absolute Gasteiger partial charge is 0.326 e. The summed E-state index contributed by atoms with van der Waals surface area (Å²) in [5.74, 6) is 0.672. The highest BCUT2D eigenvalue weighted by Gasteiger charge is 2.15. The van der Waals surface area contributed by atoms with Crippen LogP contribution in [0, 0.1) is 5.92 Å². The minimum Gasteiger partial charge on any atom is -0.326 e. The molecule has 1 aliphatic rings. The Morgan fingerprint density at radius 1 is 1.24 bits per heavy atom. The van der Waals surface area contributed by atoms with E-state index in [0.717, 1.165) is 32.4 Å². The third-order valence-electron chi connectivity index (χ3n) is 4.13. The maximum atomic E-state index is 12.1. The van der Waals surface area contributed by atoms with E-state index in [4.69, 9.17) is 0 Å². The zero-order chi connectivity index (χ0) is 17.4. The maximum Gasteiger partial charge on any atom is 0.232 e. The van der Waals surface area contributed by atoms with Gasteiger partial charge in [0.1, 0.15) is 0 Å². The first kappa shape index (κ1) is 21.7. The number of amides is 1. The first-order chi connectivity index (χ1) is 11.5. The molecule has 6 nitrogen and oxygen atoms in total. The first-order valence-corrected chi connectivity index (χ1v) is 10.2. The van der Waals surface area contributed by atoms with E-state index < -0.39 is 10.0 Å². The van der Waals surface area contributed by atoms with Crippen molar-refractivity contribution in [3.8, 4) is 0 Å². The second-order valence-corrected chi connectivity index (χ2v) is 8.12. The fourth-order valence-electron chi connectivity index (χ4n) is 2.89. The monoisotopic (exact) mass is 389 g/mol. The van der Waals surface area contributed by atoms with Gasteiger partial charge in [0.2, 0.25) is 15.9 Å². The van der Waals surface area contributed by atoms with E-state index >= 15 is 0 Å². The SMILES string of the molecule is CCCS(=O)(=O)Nc1cccc(NC(=O)CCC2CCNCC2)c1.Cl. The van der Waals surface area contributed by atoms with Gasteiger partial charge in [0.25, 0.3) is 0 Å². The topological polar surface area (TPSA) is 87.3 Å². The molecule has 142 valence electrons. The van der Waals surface area contributed by atoms with Crippen LogP contribution in [0.3, 0.4) is 0 Å². The van der Waals surface area contributed by atoms with E-state index in [-0.39, 0.29) is 24.1 Å². The molecule has 1 fully saturated rings. The molecule has 0 bridgehead atoms. The standard InChI is InChI=1S/C17H27N3O3S.ClH/c1-2-12-24(22,23)20-16-5-3-4-15(13-16)19-17(21)7-6-14-8-10-18-11-9-14;/h3-5,13-14,18,20H,2,6-12H2,1H3,(H,19,21);1H. The third-order valence-corrected chi connectivity index (χ3v) is 5.62. The van der Waals surface area contributed by atoms with Crippen molar-refractivity contribution in [3.05, 3.63) is 24.3 Å². The summed E-state index contributed by atoms with van der Waals surface area (Å²) in [5.41, 5.74) is 1.08. The molecule has 1 amide bonds. The third kappa shape index (κ3) is 8.07. The molecule has 1 aromatic rings. The van der Waals surface area contributed by atoms with E-state index in [2.05, 4.69) is 15.4 Å². The van der Waals surface area contributed by atoms with Gasteiger partial charge < -0.3 is 10.6 Å². The average molecular weight is 390 g/mol. The van der Waals surface area contributed by atoms with Gasteiger partial charge in [-0.1, -0.05) is 13.0 Å². The van der Waals surface area contributed by atoms with Crippen LogP contribution in [0.1, 0.15) is 39.0 Å². The van der Waals surface area contributed by atoms with Gasteiger partial charge in [-0.05, 0) is 62.9 Å². The summed E-state index contributed by atoms with van der Waals surface area (Å²) in [4.78, 5) is 12.1. The Morgan fingerprint density at radius 2 is 1.92 bits per heavy atom. The summed E-state index contributed by atoms with van der Waals surface area (Å²) >= 11 is 0. The summed E-state index contributed by atoms with van der Waals surface area (Å²) in [6.07, 6.45) is 4.21. The van der Waals surface area contributed by atoms with Crippen LogP contribution < -0.4 is 15.4 Å². The summed E-state index contributed by atoms with van der Waals surface area (Å²) in [6.45, 7) is 3.89. The van der Waals surface area contributed by atoms with Gasteiger partial charge in [-0.15, -0.1) is 12.4 Å². The second-order valence-electron chi connectivity index (χ2n) is 6.28. The van der Waals surface area contributed by atoms with Crippen molar-refractivity contribution in [2.24, 2.45) is 5.92 Å². The van der Waals surface area contributed by atoms with Gasteiger partial charge in [0.05, 0.1) is 11.4 Å². The summed E-state index contributed by atoms with van der Waals surface area (Å²) in [5, 5.41) is 6.17. The number of anilines is 2. The number of hydrogen-bond donors (Lipinski definition) is 3. The maximum absolute atomic E-state index is 12.1. The molecule has 3 N–H and O–H groups in total. The van der Waals surface area contributed by atoms with Gasteiger partial charge in [-0.3, -0.25) is 9.52 Å². The molecule has 1 aliphatic heterocycles. The highest BCUT2D eigenvalue weighted by Crippen LogP contribution is 2.20. The van der Waals surface area contributed by atoms with E-state index in [9.17, 15) is 13.2 Å². The van der Waals surface area contributed by atoms with Crippen molar-refractivity contribution in [1.82, 2.24) is 5.32 Å². The smallest absolute Gasteiger partial charge is 0.232 e. The number of benzene rings is 1. The van der Waals surface area contributed by atoms with Crippen molar-refractivity contribution in [2.75, 3.05) is 28.9 Å². The minimum atomic E-state index is -3.32. The van der Waals surface area contributed by atoms with E-state index in [1.165, 1.54) is 0 Å². The molecule has 0 spiro atoms. The van der Waals surface area contributed by atoms with Gasteiger partial charge >= 0.3 is 0 Å². The number of carbonyl (C=O) groups is 1. The Morgan fingerprint density at radius 3 is 2.60 bits per heavy atom. The summed E-state index contributed by atoms with van der Waals surface area (Å²) < 4.78 is 26.1. The number of rotatable bonds is 8. The number of halogens is 1. The van der Waals surface area contributed by atoms with Crippen LogP contribution >= 0.6 is 12.4 Å². The molecule has 8 heteroatoms. The lowest BCUT2D eigenvalue weighted by molar-refractivity contribution is -0.116. The molecular weight excluding hydrogens is 362 g/mol. The molecule has 0 atom stereocenters. The highest BCUT2D eigenvalue weighted by molar-refractivity contribution is 7.92. The summed E-state index contributed by atoms with van der Waals surface area (Å²) in [6, 6.07) is 6.82. The molecular formula is C17H28ClN3O3S. The number of hydrogen-bond acceptors (Lipinski definition) is 4. The number of sulfonamides is 1. The van der Waals surface area contributed by atoms with Crippen molar-refractivity contribution < 1.29 is 13.2 Å². The van der Waals surface area contributed by atoms with Crippen molar-refractivity contribution >= 4 is 39.7 Å². The zero-order valence-electron chi connectivity index (χ0n) is 14.6. The molecule has 25 heavy (non-hydrogen) atoms. The number of nitrogens with one attached hydrogen (secondary N) is 3. The number of piperidine rings is 1. The molecule has 2 rings (SSSR count). The normalized spacial score (nSPS) is 15.2. The first-order valence-electron chi connectivity index (χ1n) is 8.59. The van der Waals surface area contributed by atoms with E-state index in [1.807, 2.05) is 6.92 Å². The Balaban J connectivity index is 0.00000312. The fraction of sp³-hybridized carbons (Fsp3) is 0.588. The van der Waals surface area contributed by atoms with Crippen LogP contribution in [0.2, 0.25) is 0 Å². The lowest BCUT2D eigenvalue weighted by Gasteiger charge is -2.22. The molecule has 0 unspecified atom stereocenters. The fourth-order valence-corrected chi connectivity index (χ4v) is 4.01. The molecule has 0 radical (unpaired) electrons. The van der Waals surface area contributed by atoms with Crippen LogP contribution in [-0.2, 0) is 14.8 Å². The van der Waals surface area contributed by atoms with Crippen LogP contribution in [0.25, 0.3) is 0 Å². The van der Waals surface area contributed by atoms with Crippen LogP contribution in [0.15, 0.2) is 24.3 Å². The van der Waals surface area contributed by atoms with Crippen LogP contribution in [-0.4, -0.2) is 33.2 Å². The molecule has 0 aliphatic carbocycles. The van der Waals surface area contributed by atoms with E-state index in [1.54, 1.807) is 24.3 Å². The molecule has 1 aromatic carbocycles. The van der Waals surface area contributed by atoms with Crippen molar-refractivity contribution in [2.45, 2.75) is 39.0 Å². The van der Waals surface area contributed by atoms with Crippen molar-refractivity contribution in [3.63, 3.8) is 0 Å². The van der Waals surface area contributed by atoms with Crippen molar-refractivity contribution in [1.29, 1.82) is 0 Å². The molecule has 1 heterocycles. The summed E-state index contributed by atoms with van der Waals surface area (Å²) in [7, 11) is -3.32. The quantitative estimate of drug-likeness (QED) is 0.637. The molecule has 0 saturated carbocycles. The lowest BCUT2D eigenvalue weighted by atomic mass is 9.93. The van der Waals surface area contributed by atoms with E-state index in [0.29, 0.717) is 30.1 Å². The Kier molecular flexibility index (Phi) is 9.24. The average Bonchev–Trinajstić information content (AvgIpc) is 2.53. The van der Waals surface area contributed by atoms with Gasteiger partial charge in [0, 0.05) is 12.1 Å². The highest BCUT2D eigenvalue weighted by atomic mass is 35.5. The lowest BCUT2D eigenvalue weighted by Crippen LogP contribution is -2.28. The predicted molar refractivity (Wildman–Crippen MR) is 105 cm³/mol. The molecule has 1 saturated heterocycles. The van der Waals surface area contributed by atoms with Gasteiger partial charge in [-0.25, -0.2) is 8.42 Å². The van der Waals surface area contributed by atoms with Crippen LogP contribution in [0.4, 0.5) is 11.4 Å². The Hall–Kier alpha value is -1.31. The number of carbonyl (C=O) groups excluding carboxylic acids is 1. The zero-order valence-corrected chi connectivity index (χ0v) is 16.2. The second kappa shape index (κ2) is 10.6. The van der Waals surface area contributed by atoms with Gasteiger partial charge in [-0.2, -0.15) is 0 Å². The molecule has 0 aromatic heterocycles.